The van der Waals surface area contributed by atoms with Crippen LogP contribution in [0, 0.1) is 0 Å². The first-order valence-electron chi connectivity index (χ1n) is 7.58. The molecular weight excluding hydrogens is 318 g/mol. The molecule has 7 heteroatoms. The molecule has 0 fully saturated rings. The Morgan fingerprint density at radius 3 is 2.17 bits per heavy atom. The first kappa shape index (κ1) is 19.4. The number of ether oxygens (including phenoxy) is 2. The number of esters is 1. The van der Waals surface area contributed by atoms with Crippen LogP contribution in [0.3, 0.4) is 0 Å². The van der Waals surface area contributed by atoms with Crippen molar-refractivity contribution in [2.24, 2.45) is 0 Å². The van der Waals surface area contributed by atoms with E-state index in [-0.39, 0.29) is 24.0 Å². The fraction of sp³-hybridized carbons (Fsp3) is 0.562. The highest BCUT2D eigenvalue weighted by atomic mass is 32.2. The van der Waals surface area contributed by atoms with Gasteiger partial charge in [0, 0.05) is 6.04 Å². The Kier molecular flexibility index (Phi) is 6.58. The van der Waals surface area contributed by atoms with Gasteiger partial charge in [-0.25, -0.2) is 13.2 Å². The van der Waals surface area contributed by atoms with Gasteiger partial charge < -0.3 is 9.47 Å². The molecule has 1 rings (SSSR count). The van der Waals surface area contributed by atoms with Crippen LogP contribution in [0.25, 0.3) is 0 Å². The molecule has 1 unspecified atom stereocenters. The van der Waals surface area contributed by atoms with Crippen LogP contribution in [-0.4, -0.2) is 39.0 Å². The van der Waals surface area contributed by atoms with Gasteiger partial charge in [-0.3, -0.25) is 5.32 Å². The second kappa shape index (κ2) is 7.79. The fourth-order valence-corrected chi connectivity index (χ4v) is 4.30. The third-order valence-corrected chi connectivity index (χ3v) is 5.84. The molecule has 1 N–H and O–H groups in total. The maximum Gasteiger partial charge on any atom is 0.342 e. The summed E-state index contributed by atoms with van der Waals surface area (Å²) in [6.45, 7) is 6.97. The zero-order valence-electron chi connectivity index (χ0n) is 14.3. The van der Waals surface area contributed by atoms with E-state index in [9.17, 15) is 13.2 Å². The SMILES string of the molecule is CCOC(=O)C(CC)(NC(C)C)S(=O)(=O)c1ccc(OC)cc1. The molecule has 0 spiro atoms. The zero-order chi connectivity index (χ0) is 17.7. The number of nitrogens with one attached hydrogen (secondary N) is 1. The molecule has 6 nitrogen and oxygen atoms in total. The van der Waals surface area contributed by atoms with Gasteiger partial charge in [-0.15, -0.1) is 0 Å². The van der Waals surface area contributed by atoms with Crippen LogP contribution in [0.1, 0.15) is 34.1 Å². The zero-order valence-corrected chi connectivity index (χ0v) is 15.1. The number of carbonyl (C=O) groups is 1. The minimum Gasteiger partial charge on any atom is -0.497 e. The Hall–Kier alpha value is -1.60. The minimum atomic E-state index is -4.00. The number of rotatable bonds is 8. The highest BCUT2D eigenvalue weighted by Gasteiger charge is 2.51. The van der Waals surface area contributed by atoms with Crippen molar-refractivity contribution < 1.29 is 22.7 Å². The van der Waals surface area contributed by atoms with E-state index in [1.165, 1.54) is 19.2 Å². The van der Waals surface area contributed by atoms with Gasteiger partial charge in [0.25, 0.3) is 0 Å². The molecule has 0 heterocycles. The van der Waals surface area contributed by atoms with Gasteiger partial charge in [0.2, 0.25) is 14.7 Å². The molecule has 0 aliphatic carbocycles. The highest BCUT2D eigenvalue weighted by Crippen LogP contribution is 2.30. The van der Waals surface area contributed by atoms with E-state index in [0.717, 1.165) is 0 Å². The monoisotopic (exact) mass is 343 g/mol. The van der Waals surface area contributed by atoms with Gasteiger partial charge in [0.1, 0.15) is 5.75 Å². The van der Waals surface area contributed by atoms with E-state index < -0.39 is 20.7 Å². The third kappa shape index (κ3) is 3.84. The van der Waals surface area contributed by atoms with E-state index >= 15 is 0 Å². The largest absolute Gasteiger partial charge is 0.497 e. The van der Waals surface area contributed by atoms with E-state index in [4.69, 9.17) is 9.47 Å². The van der Waals surface area contributed by atoms with Crippen LogP contribution in [0.15, 0.2) is 29.2 Å². The van der Waals surface area contributed by atoms with Crippen molar-refractivity contribution in [3.8, 4) is 5.75 Å². The molecule has 1 aromatic carbocycles. The minimum absolute atomic E-state index is 0.0429. The first-order valence-corrected chi connectivity index (χ1v) is 9.07. The van der Waals surface area contributed by atoms with Gasteiger partial charge in [-0.1, -0.05) is 6.92 Å². The lowest BCUT2D eigenvalue weighted by Crippen LogP contribution is -2.60. The Morgan fingerprint density at radius 2 is 1.78 bits per heavy atom. The van der Waals surface area contributed by atoms with Crippen molar-refractivity contribution in [3.05, 3.63) is 24.3 Å². The summed E-state index contributed by atoms with van der Waals surface area (Å²) in [7, 11) is -2.50. The Morgan fingerprint density at radius 1 is 1.22 bits per heavy atom. The summed E-state index contributed by atoms with van der Waals surface area (Å²) in [5.74, 6) is -0.244. The lowest BCUT2D eigenvalue weighted by atomic mass is 10.2. The number of benzene rings is 1. The molecule has 1 aromatic rings. The second-order valence-corrected chi connectivity index (χ2v) is 7.55. The maximum absolute atomic E-state index is 13.1. The molecule has 0 bridgehead atoms. The van der Waals surface area contributed by atoms with Crippen molar-refractivity contribution in [1.82, 2.24) is 5.32 Å². The van der Waals surface area contributed by atoms with Crippen LogP contribution < -0.4 is 10.1 Å². The molecule has 1 atom stereocenters. The van der Waals surface area contributed by atoms with Crippen LogP contribution in [-0.2, 0) is 19.4 Å². The average Bonchev–Trinajstić information content (AvgIpc) is 2.52. The predicted octanol–water partition coefficient (Wildman–Crippen LogP) is 2.14. The molecule has 0 aliphatic heterocycles. The summed E-state index contributed by atoms with van der Waals surface area (Å²) in [6.07, 6.45) is 0.0539. The molecule has 0 aromatic heterocycles. The quantitative estimate of drug-likeness (QED) is 0.728. The first-order chi connectivity index (χ1) is 10.7. The summed E-state index contributed by atoms with van der Waals surface area (Å²) in [4.78, 5) is 10.7. The van der Waals surface area contributed by atoms with Crippen molar-refractivity contribution >= 4 is 15.8 Å². The van der Waals surface area contributed by atoms with E-state index in [2.05, 4.69) is 5.32 Å². The predicted molar refractivity (Wildman–Crippen MR) is 88.1 cm³/mol. The molecule has 0 amide bonds. The fourth-order valence-electron chi connectivity index (χ4n) is 2.35. The van der Waals surface area contributed by atoms with Gasteiger partial charge in [0.05, 0.1) is 18.6 Å². The van der Waals surface area contributed by atoms with E-state index in [0.29, 0.717) is 5.75 Å². The van der Waals surface area contributed by atoms with Crippen LogP contribution in [0.5, 0.6) is 5.75 Å². The van der Waals surface area contributed by atoms with Gasteiger partial charge in [-0.05, 0) is 51.5 Å². The number of methoxy groups -OCH3 is 1. The number of hydrogen-bond donors (Lipinski definition) is 1. The van der Waals surface area contributed by atoms with Gasteiger partial charge >= 0.3 is 5.97 Å². The molecule has 0 radical (unpaired) electrons. The summed E-state index contributed by atoms with van der Waals surface area (Å²) < 4.78 is 36.4. The van der Waals surface area contributed by atoms with E-state index in [1.807, 2.05) is 0 Å². The number of carbonyl (C=O) groups excluding carboxylic acids is 1. The maximum atomic E-state index is 13.1. The molecule has 23 heavy (non-hydrogen) atoms. The summed E-state index contributed by atoms with van der Waals surface area (Å²) in [5, 5.41) is 2.90. The third-order valence-electron chi connectivity index (χ3n) is 3.45. The topological polar surface area (TPSA) is 81.7 Å². The smallest absolute Gasteiger partial charge is 0.342 e. The normalized spacial score (nSPS) is 14.3. The van der Waals surface area contributed by atoms with E-state index in [1.54, 1.807) is 39.8 Å². The summed E-state index contributed by atoms with van der Waals surface area (Å²) in [5.41, 5.74) is 0. The summed E-state index contributed by atoms with van der Waals surface area (Å²) >= 11 is 0. The lowest BCUT2D eigenvalue weighted by molar-refractivity contribution is -0.147. The van der Waals surface area contributed by atoms with Crippen molar-refractivity contribution in [2.75, 3.05) is 13.7 Å². The number of sulfone groups is 1. The molecule has 0 saturated heterocycles. The van der Waals surface area contributed by atoms with Crippen LogP contribution in [0.4, 0.5) is 0 Å². The number of hydrogen-bond acceptors (Lipinski definition) is 6. The van der Waals surface area contributed by atoms with Crippen molar-refractivity contribution in [1.29, 1.82) is 0 Å². The Labute approximate surface area is 138 Å². The highest BCUT2D eigenvalue weighted by molar-refractivity contribution is 7.93. The lowest BCUT2D eigenvalue weighted by Gasteiger charge is -2.32. The van der Waals surface area contributed by atoms with Gasteiger partial charge in [-0.2, -0.15) is 0 Å². The standard InChI is InChI=1S/C16H25NO5S/c1-6-16(17-12(3)4,15(18)22-7-2)23(19,20)14-10-8-13(21-5)9-11-14/h8-12,17H,6-7H2,1-5H3. The summed E-state index contributed by atoms with van der Waals surface area (Å²) in [6, 6.07) is 5.74. The average molecular weight is 343 g/mol. The van der Waals surface area contributed by atoms with Crippen LogP contribution in [0.2, 0.25) is 0 Å². The Balaban J connectivity index is 3.45. The Bertz CT molecular complexity index is 624. The molecule has 0 aliphatic rings. The molecule has 0 saturated carbocycles. The molecular formula is C16H25NO5S. The molecule has 130 valence electrons. The second-order valence-electron chi connectivity index (χ2n) is 5.38. The van der Waals surface area contributed by atoms with Crippen LogP contribution >= 0.6 is 0 Å². The van der Waals surface area contributed by atoms with Crippen molar-refractivity contribution in [3.63, 3.8) is 0 Å². The van der Waals surface area contributed by atoms with Gasteiger partial charge in [0.15, 0.2) is 0 Å². The van der Waals surface area contributed by atoms with Crippen molar-refractivity contribution in [2.45, 2.75) is 49.9 Å².